The second-order valence-corrected chi connectivity index (χ2v) is 5.66. The fraction of sp³-hybridized carbons (Fsp3) is 0.312. The maximum absolute atomic E-state index is 6.06. The van der Waals surface area contributed by atoms with E-state index < -0.39 is 0 Å². The van der Waals surface area contributed by atoms with Crippen LogP contribution in [0.2, 0.25) is 5.02 Å². The topological polar surface area (TPSA) is 16.1 Å². The van der Waals surface area contributed by atoms with Crippen LogP contribution in [-0.4, -0.2) is 12.0 Å². The molecule has 2 rings (SSSR count). The van der Waals surface area contributed by atoms with Crippen LogP contribution in [0.15, 0.2) is 36.5 Å². The Morgan fingerprint density at radius 2 is 2.05 bits per heavy atom. The van der Waals surface area contributed by atoms with Crippen molar-refractivity contribution in [1.82, 2.24) is 4.98 Å². The highest BCUT2D eigenvalue weighted by molar-refractivity contribution is 6.30. The number of halogens is 2. The normalized spacial score (nSPS) is 12.2. The zero-order valence-corrected chi connectivity index (χ0v) is 13.4. The van der Waals surface area contributed by atoms with Crippen LogP contribution in [0.4, 0.5) is 5.82 Å². The average Bonchev–Trinajstić information content (AvgIpc) is 2.45. The first-order valence-corrected chi connectivity index (χ1v) is 7.44. The van der Waals surface area contributed by atoms with Crippen molar-refractivity contribution in [3.63, 3.8) is 0 Å². The van der Waals surface area contributed by atoms with Crippen LogP contribution in [0.3, 0.4) is 0 Å². The van der Waals surface area contributed by atoms with Crippen LogP contribution >= 0.6 is 23.2 Å². The van der Waals surface area contributed by atoms with Gasteiger partial charge in [0.05, 0.1) is 6.04 Å². The van der Waals surface area contributed by atoms with Gasteiger partial charge in [0.2, 0.25) is 0 Å². The van der Waals surface area contributed by atoms with Gasteiger partial charge in [0.25, 0.3) is 0 Å². The van der Waals surface area contributed by atoms with E-state index in [1.807, 2.05) is 31.4 Å². The van der Waals surface area contributed by atoms with E-state index in [1.165, 1.54) is 5.56 Å². The van der Waals surface area contributed by atoms with Gasteiger partial charge >= 0.3 is 0 Å². The molecule has 1 aromatic carbocycles. The first-order chi connectivity index (χ1) is 9.52. The van der Waals surface area contributed by atoms with Crippen LogP contribution in [0.25, 0.3) is 0 Å². The molecule has 2 aromatic rings. The van der Waals surface area contributed by atoms with E-state index in [0.717, 1.165) is 22.0 Å². The van der Waals surface area contributed by atoms with E-state index in [1.54, 1.807) is 0 Å². The van der Waals surface area contributed by atoms with Crippen LogP contribution in [0.5, 0.6) is 0 Å². The van der Waals surface area contributed by atoms with Crippen molar-refractivity contribution < 1.29 is 0 Å². The largest absolute Gasteiger partial charge is 0.353 e. The number of pyridine rings is 1. The Kier molecular flexibility index (Phi) is 4.90. The lowest BCUT2D eigenvalue weighted by Crippen LogP contribution is -2.23. The molecule has 0 spiro atoms. The van der Waals surface area contributed by atoms with Crippen LogP contribution in [0.1, 0.15) is 29.7 Å². The number of hydrogen-bond acceptors (Lipinski definition) is 2. The highest BCUT2D eigenvalue weighted by Gasteiger charge is 2.15. The highest BCUT2D eigenvalue weighted by atomic mass is 35.5. The number of nitrogens with zero attached hydrogens (tertiary/aromatic N) is 2. The average molecular weight is 309 g/mol. The van der Waals surface area contributed by atoms with Crippen molar-refractivity contribution >= 4 is 29.0 Å². The van der Waals surface area contributed by atoms with Crippen LogP contribution in [-0.2, 0) is 5.88 Å². The predicted octanol–water partition coefficient (Wildman–Crippen LogP) is 4.98. The van der Waals surface area contributed by atoms with Gasteiger partial charge in [0.1, 0.15) is 5.82 Å². The zero-order valence-electron chi connectivity index (χ0n) is 11.9. The number of aryl methyl sites for hydroxylation is 1. The Morgan fingerprint density at radius 1 is 1.30 bits per heavy atom. The van der Waals surface area contributed by atoms with E-state index in [4.69, 9.17) is 23.2 Å². The minimum Gasteiger partial charge on any atom is -0.353 e. The van der Waals surface area contributed by atoms with Gasteiger partial charge in [-0.05, 0) is 48.7 Å². The number of aromatic nitrogens is 1. The predicted molar refractivity (Wildman–Crippen MR) is 86.8 cm³/mol. The highest BCUT2D eigenvalue weighted by Crippen LogP contribution is 2.28. The third-order valence-corrected chi connectivity index (χ3v) is 4.05. The fourth-order valence-electron chi connectivity index (χ4n) is 2.24. The summed E-state index contributed by atoms with van der Waals surface area (Å²) in [5.41, 5.74) is 3.33. The summed E-state index contributed by atoms with van der Waals surface area (Å²) in [6.07, 6.45) is 1.83. The van der Waals surface area contributed by atoms with Gasteiger partial charge in [-0.15, -0.1) is 11.6 Å². The van der Waals surface area contributed by atoms with Gasteiger partial charge in [-0.1, -0.05) is 23.7 Å². The first-order valence-electron chi connectivity index (χ1n) is 6.52. The molecule has 0 aliphatic carbocycles. The summed E-state index contributed by atoms with van der Waals surface area (Å²) in [6, 6.07) is 10.2. The van der Waals surface area contributed by atoms with Gasteiger partial charge < -0.3 is 4.90 Å². The Hall–Kier alpha value is -1.25. The zero-order chi connectivity index (χ0) is 14.7. The molecular formula is C16H18Cl2N2. The summed E-state index contributed by atoms with van der Waals surface area (Å²) in [5.74, 6) is 1.45. The third-order valence-electron chi connectivity index (χ3n) is 3.51. The molecule has 4 heteroatoms. The molecule has 1 unspecified atom stereocenters. The minimum absolute atomic E-state index is 0.196. The molecular weight excluding hydrogens is 291 g/mol. The summed E-state index contributed by atoms with van der Waals surface area (Å²) in [4.78, 5) is 6.68. The summed E-state index contributed by atoms with van der Waals surface area (Å²) in [6.45, 7) is 4.20. The number of rotatable bonds is 4. The molecule has 2 nitrogen and oxygen atoms in total. The van der Waals surface area contributed by atoms with Crippen molar-refractivity contribution in [2.45, 2.75) is 25.8 Å². The smallest absolute Gasteiger partial charge is 0.131 e. The molecule has 1 aromatic heterocycles. The molecule has 0 aliphatic rings. The Bertz CT molecular complexity index is 599. The van der Waals surface area contributed by atoms with E-state index in [-0.39, 0.29) is 6.04 Å². The maximum Gasteiger partial charge on any atom is 0.131 e. The molecule has 1 atom stereocenters. The molecule has 106 valence electrons. The van der Waals surface area contributed by atoms with Crippen molar-refractivity contribution in [1.29, 1.82) is 0 Å². The quantitative estimate of drug-likeness (QED) is 0.741. The Balaban J connectivity index is 2.28. The summed E-state index contributed by atoms with van der Waals surface area (Å²) < 4.78 is 0. The molecule has 0 saturated heterocycles. The molecule has 0 fully saturated rings. The lowest BCUT2D eigenvalue weighted by atomic mass is 10.1. The second kappa shape index (κ2) is 6.47. The van der Waals surface area contributed by atoms with Crippen LogP contribution in [0, 0.1) is 6.92 Å². The molecule has 0 saturated carbocycles. The van der Waals surface area contributed by atoms with E-state index >= 15 is 0 Å². The Labute approximate surface area is 130 Å². The molecule has 0 amide bonds. The molecule has 0 radical (unpaired) electrons. The van der Waals surface area contributed by atoms with Gasteiger partial charge in [-0.3, -0.25) is 0 Å². The molecule has 0 bridgehead atoms. The van der Waals surface area contributed by atoms with Gasteiger partial charge in [-0.2, -0.15) is 0 Å². The molecule has 20 heavy (non-hydrogen) atoms. The van der Waals surface area contributed by atoms with E-state index in [9.17, 15) is 0 Å². The third kappa shape index (κ3) is 3.25. The number of hydrogen-bond donors (Lipinski definition) is 0. The van der Waals surface area contributed by atoms with Crippen molar-refractivity contribution in [2.24, 2.45) is 0 Å². The van der Waals surface area contributed by atoms with Crippen molar-refractivity contribution in [3.05, 3.63) is 58.2 Å². The maximum atomic E-state index is 6.06. The lowest BCUT2D eigenvalue weighted by Gasteiger charge is -2.28. The van der Waals surface area contributed by atoms with Crippen molar-refractivity contribution in [3.8, 4) is 0 Å². The lowest BCUT2D eigenvalue weighted by molar-refractivity contribution is 0.725. The molecule has 1 heterocycles. The summed E-state index contributed by atoms with van der Waals surface area (Å²) in [5, 5.41) is 0.755. The van der Waals surface area contributed by atoms with Gasteiger partial charge in [-0.25, -0.2) is 4.98 Å². The first kappa shape index (κ1) is 15.1. The second-order valence-electron chi connectivity index (χ2n) is 4.96. The standard InChI is InChI=1S/C16H18Cl2N2/c1-11-7-13(9-17)10-19-16(11)20(3)12(2)14-5-4-6-15(18)8-14/h4-8,10,12H,9H2,1-3H3. The van der Waals surface area contributed by atoms with Gasteiger partial charge in [0, 0.05) is 24.1 Å². The Morgan fingerprint density at radius 3 is 2.65 bits per heavy atom. The van der Waals surface area contributed by atoms with Crippen molar-refractivity contribution in [2.75, 3.05) is 11.9 Å². The molecule has 0 N–H and O–H groups in total. The summed E-state index contributed by atoms with van der Waals surface area (Å²) in [7, 11) is 2.04. The number of anilines is 1. The van der Waals surface area contributed by atoms with E-state index in [0.29, 0.717) is 5.88 Å². The van der Waals surface area contributed by atoms with E-state index in [2.05, 4.69) is 35.9 Å². The minimum atomic E-state index is 0.196. The number of benzene rings is 1. The molecule has 0 aliphatic heterocycles. The summed E-state index contributed by atoms with van der Waals surface area (Å²) >= 11 is 11.9. The fourth-order valence-corrected chi connectivity index (χ4v) is 2.59. The monoisotopic (exact) mass is 308 g/mol. The number of alkyl halides is 1. The van der Waals surface area contributed by atoms with Gasteiger partial charge in [0.15, 0.2) is 0 Å². The van der Waals surface area contributed by atoms with Crippen LogP contribution < -0.4 is 4.90 Å². The SMILES string of the molecule is Cc1cc(CCl)cnc1N(C)C(C)c1cccc(Cl)c1.